The topological polar surface area (TPSA) is 81.1 Å². The molecule has 0 saturated carbocycles. The number of aliphatic hydroxyl groups excluding tert-OH is 1. The zero-order valence-electron chi connectivity index (χ0n) is 14.8. The molecule has 6 nitrogen and oxygen atoms in total. The predicted molar refractivity (Wildman–Crippen MR) is 106 cm³/mol. The number of carbonyl (C=O) groups excluding carboxylic acids is 2. The van der Waals surface area contributed by atoms with Gasteiger partial charge in [-0.05, 0) is 42.8 Å². The molecule has 3 amide bonds. The normalized spacial score (nSPS) is 19.0. The van der Waals surface area contributed by atoms with Crippen LogP contribution in [0.15, 0.2) is 42.5 Å². The average Bonchev–Trinajstić information content (AvgIpc) is 2.86. The van der Waals surface area contributed by atoms with Crippen molar-refractivity contribution in [3.05, 3.63) is 58.1 Å². The number of nitrogens with zero attached hydrogens (tertiary/aromatic N) is 2. The fraction of sp³-hybridized carbons (Fsp3) is 0.200. The second-order valence-electron chi connectivity index (χ2n) is 6.24. The summed E-state index contributed by atoms with van der Waals surface area (Å²) < 4.78 is 0. The Morgan fingerprint density at radius 2 is 1.71 bits per heavy atom. The highest BCUT2D eigenvalue weighted by atomic mass is 35.5. The number of phenolic OH excluding ortho intramolecular Hbond substituents is 1. The number of urea groups is 1. The van der Waals surface area contributed by atoms with Crippen LogP contribution in [-0.4, -0.2) is 40.2 Å². The minimum atomic E-state index is -1.36. The molecule has 3 rings (SSSR count). The molecule has 0 bridgehead atoms. The van der Waals surface area contributed by atoms with Gasteiger partial charge >= 0.3 is 6.03 Å². The van der Waals surface area contributed by atoms with Gasteiger partial charge in [-0.1, -0.05) is 47.2 Å². The standard InChI is InChI=1S/C20H16Cl2N2O4/c1-20(13-4-7-15(26)8-5-13)18(27)24(14-6-9-16(21)17(22)12-14)19(28)23(20)10-2-3-11-25/h4-9,12,25-26H,10-11H2,1H3. The van der Waals surface area contributed by atoms with Gasteiger partial charge in [-0.2, -0.15) is 0 Å². The Morgan fingerprint density at radius 3 is 2.32 bits per heavy atom. The van der Waals surface area contributed by atoms with Crippen molar-refractivity contribution in [3.8, 4) is 17.6 Å². The van der Waals surface area contributed by atoms with Crippen LogP contribution in [-0.2, 0) is 10.3 Å². The van der Waals surface area contributed by atoms with Gasteiger partial charge in [-0.3, -0.25) is 9.69 Å². The van der Waals surface area contributed by atoms with Gasteiger partial charge < -0.3 is 10.2 Å². The molecule has 28 heavy (non-hydrogen) atoms. The van der Waals surface area contributed by atoms with E-state index in [9.17, 15) is 14.7 Å². The molecule has 1 atom stereocenters. The fourth-order valence-corrected chi connectivity index (χ4v) is 3.36. The summed E-state index contributed by atoms with van der Waals surface area (Å²) in [5.74, 6) is 4.72. The largest absolute Gasteiger partial charge is 0.508 e. The van der Waals surface area contributed by atoms with Crippen LogP contribution in [0.25, 0.3) is 0 Å². The molecule has 8 heteroatoms. The highest BCUT2D eigenvalue weighted by Crippen LogP contribution is 2.40. The zero-order valence-corrected chi connectivity index (χ0v) is 16.3. The van der Waals surface area contributed by atoms with Crippen LogP contribution in [0.2, 0.25) is 10.0 Å². The van der Waals surface area contributed by atoms with Crippen LogP contribution < -0.4 is 4.90 Å². The predicted octanol–water partition coefficient (Wildman–Crippen LogP) is 3.38. The van der Waals surface area contributed by atoms with Crippen LogP contribution in [0.1, 0.15) is 12.5 Å². The van der Waals surface area contributed by atoms with Gasteiger partial charge in [0.1, 0.15) is 17.9 Å². The van der Waals surface area contributed by atoms with Gasteiger partial charge in [-0.15, -0.1) is 0 Å². The number of rotatable bonds is 3. The number of amides is 3. The summed E-state index contributed by atoms with van der Waals surface area (Å²) >= 11 is 12.0. The number of halogens is 2. The van der Waals surface area contributed by atoms with E-state index in [0.717, 1.165) is 4.90 Å². The lowest BCUT2D eigenvalue weighted by Crippen LogP contribution is -2.44. The van der Waals surface area contributed by atoms with Crippen LogP contribution in [0.5, 0.6) is 5.75 Å². The molecule has 0 aliphatic carbocycles. The Hall–Kier alpha value is -2.72. The number of carbonyl (C=O) groups is 2. The minimum absolute atomic E-state index is 0.0390. The van der Waals surface area contributed by atoms with Crippen molar-refractivity contribution < 1.29 is 19.8 Å². The smallest absolute Gasteiger partial charge is 0.333 e. The maximum atomic E-state index is 13.4. The Morgan fingerprint density at radius 1 is 1.04 bits per heavy atom. The monoisotopic (exact) mass is 418 g/mol. The van der Waals surface area contributed by atoms with Crippen molar-refractivity contribution >= 4 is 40.8 Å². The van der Waals surface area contributed by atoms with E-state index in [2.05, 4.69) is 11.8 Å². The van der Waals surface area contributed by atoms with Crippen molar-refractivity contribution in [2.24, 2.45) is 0 Å². The SMILES string of the molecule is CC1(c2ccc(O)cc2)C(=O)N(c2ccc(Cl)c(Cl)c2)C(=O)N1CC#CCO. The number of phenols is 1. The molecule has 2 aromatic carbocycles. The number of aromatic hydroxyl groups is 1. The lowest BCUT2D eigenvalue weighted by molar-refractivity contribution is -0.124. The molecular weight excluding hydrogens is 403 g/mol. The fourth-order valence-electron chi connectivity index (χ4n) is 3.07. The van der Waals surface area contributed by atoms with E-state index in [1.807, 2.05) is 0 Å². The second-order valence-corrected chi connectivity index (χ2v) is 7.05. The highest BCUT2D eigenvalue weighted by Gasteiger charge is 2.55. The van der Waals surface area contributed by atoms with Gasteiger partial charge in [0.2, 0.25) is 0 Å². The summed E-state index contributed by atoms with van der Waals surface area (Å²) in [6.45, 7) is 1.18. The molecule has 1 heterocycles. The van der Waals surface area contributed by atoms with E-state index in [1.54, 1.807) is 19.1 Å². The van der Waals surface area contributed by atoms with Gasteiger partial charge in [0.15, 0.2) is 0 Å². The van der Waals surface area contributed by atoms with Gasteiger partial charge in [0.05, 0.1) is 22.3 Å². The molecule has 2 aromatic rings. The van der Waals surface area contributed by atoms with E-state index < -0.39 is 17.5 Å². The summed E-state index contributed by atoms with van der Waals surface area (Å²) in [5.41, 5.74) is -0.565. The van der Waals surface area contributed by atoms with E-state index in [4.69, 9.17) is 28.3 Å². The molecule has 1 aliphatic rings. The summed E-state index contributed by atoms with van der Waals surface area (Å²) in [5, 5.41) is 19.0. The van der Waals surface area contributed by atoms with Crippen LogP contribution in [0, 0.1) is 11.8 Å². The number of anilines is 1. The third-order valence-electron chi connectivity index (χ3n) is 4.61. The Balaban J connectivity index is 2.12. The molecular formula is C20H16Cl2N2O4. The molecule has 1 saturated heterocycles. The zero-order chi connectivity index (χ0) is 20.5. The Labute approximate surface area is 171 Å². The van der Waals surface area contributed by atoms with Crippen LogP contribution in [0.3, 0.4) is 0 Å². The van der Waals surface area contributed by atoms with Gasteiger partial charge in [-0.25, -0.2) is 9.69 Å². The average molecular weight is 419 g/mol. The third-order valence-corrected chi connectivity index (χ3v) is 5.35. The summed E-state index contributed by atoms with van der Waals surface area (Å²) in [7, 11) is 0. The first-order chi connectivity index (χ1) is 13.3. The first-order valence-electron chi connectivity index (χ1n) is 8.28. The third kappa shape index (κ3) is 3.29. The van der Waals surface area contributed by atoms with Crippen LogP contribution in [0.4, 0.5) is 10.5 Å². The van der Waals surface area contributed by atoms with Crippen molar-refractivity contribution in [1.29, 1.82) is 0 Å². The molecule has 0 aromatic heterocycles. The van der Waals surface area contributed by atoms with Gasteiger partial charge in [0.25, 0.3) is 5.91 Å². The quantitative estimate of drug-likeness (QED) is 0.591. The maximum Gasteiger partial charge on any atom is 0.333 e. The number of hydrogen-bond acceptors (Lipinski definition) is 4. The number of benzene rings is 2. The molecule has 1 fully saturated rings. The van der Waals surface area contributed by atoms with E-state index in [0.29, 0.717) is 10.6 Å². The number of imide groups is 1. The molecule has 0 radical (unpaired) electrons. The molecule has 1 unspecified atom stereocenters. The Bertz CT molecular complexity index is 998. The maximum absolute atomic E-state index is 13.4. The summed E-state index contributed by atoms with van der Waals surface area (Å²) in [6, 6.07) is 9.94. The van der Waals surface area contributed by atoms with Crippen molar-refractivity contribution in [1.82, 2.24) is 4.90 Å². The molecule has 1 aliphatic heterocycles. The summed E-state index contributed by atoms with van der Waals surface area (Å²) in [4.78, 5) is 28.9. The number of aliphatic hydroxyl groups is 1. The molecule has 2 N–H and O–H groups in total. The van der Waals surface area contributed by atoms with Crippen molar-refractivity contribution in [2.75, 3.05) is 18.1 Å². The first-order valence-corrected chi connectivity index (χ1v) is 9.03. The van der Waals surface area contributed by atoms with Crippen molar-refractivity contribution in [3.63, 3.8) is 0 Å². The molecule has 144 valence electrons. The lowest BCUT2D eigenvalue weighted by Gasteiger charge is -2.30. The van der Waals surface area contributed by atoms with Gasteiger partial charge in [0, 0.05) is 0 Å². The van der Waals surface area contributed by atoms with Crippen molar-refractivity contribution in [2.45, 2.75) is 12.5 Å². The second kappa shape index (κ2) is 7.72. The van der Waals surface area contributed by atoms with E-state index >= 15 is 0 Å². The van der Waals surface area contributed by atoms with E-state index in [-0.39, 0.29) is 29.6 Å². The number of hydrogen-bond donors (Lipinski definition) is 2. The highest BCUT2D eigenvalue weighted by molar-refractivity contribution is 6.42. The minimum Gasteiger partial charge on any atom is -0.508 e. The molecule has 0 spiro atoms. The van der Waals surface area contributed by atoms with Crippen LogP contribution >= 0.6 is 23.2 Å². The Kier molecular flexibility index (Phi) is 5.52. The first kappa shape index (κ1) is 20.0. The lowest BCUT2D eigenvalue weighted by atomic mass is 9.90. The van der Waals surface area contributed by atoms with E-state index in [1.165, 1.54) is 35.2 Å². The summed E-state index contributed by atoms with van der Waals surface area (Å²) in [6.07, 6.45) is 0.